The van der Waals surface area contributed by atoms with E-state index in [-0.39, 0.29) is 11.6 Å². The van der Waals surface area contributed by atoms with E-state index in [1.165, 1.54) is 17.5 Å². The van der Waals surface area contributed by atoms with Crippen LogP contribution < -0.4 is 4.74 Å². The van der Waals surface area contributed by atoms with E-state index in [1.807, 2.05) is 6.07 Å². The molecular formula is C15H11FO3S. The summed E-state index contributed by atoms with van der Waals surface area (Å²) in [6.07, 6.45) is 0. The first-order valence-corrected chi connectivity index (χ1v) is 6.62. The van der Waals surface area contributed by atoms with Gasteiger partial charge in [0, 0.05) is 10.3 Å². The van der Waals surface area contributed by atoms with E-state index in [1.54, 1.807) is 36.4 Å². The minimum atomic E-state index is -1.16. The normalized spacial score (nSPS) is 11.2. The average Bonchev–Trinajstić information content (AvgIpc) is 2.46. The first-order valence-electron chi connectivity index (χ1n) is 5.74. The predicted octanol–water partition coefficient (Wildman–Crippen LogP) is 3.92. The van der Waals surface area contributed by atoms with E-state index >= 15 is 0 Å². The maximum atomic E-state index is 12.8. The van der Waals surface area contributed by atoms with Crippen LogP contribution in [0.25, 0.3) is 0 Å². The molecule has 102 valence electrons. The molecule has 1 N–H and O–H groups in total. The van der Waals surface area contributed by atoms with Gasteiger partial charge in [-0.05, 0) is 36.4 Å². The fraction of sp³-hybridized carbons (Fsp3) is 0. The Hall–Kier alpha value is -2.27. The highest BCUT2D eigenvalue weighted by Crippen LogP contribution is 2.22. The molecular weight excluding hydrogens is 279 g/mol. The Morgan fingerprint density at radius 2 is 1.75 bits per heavy atom. The second-order valence-corrected chi connectivity index (χ2v) is 4.72. The van der Waals surface area contributed by atoms with Gasteiger partial charge in [-0.2, -0.15) is 0 Å². The van der Waals surface area contributed by atoms with Gasteiger partial charge in [-0.1, -0.05) is 30.0 Å². The number of carboxylic acid groups (broad SMARTS) is 1. The monoisotopic (exact) mass is 290 g/mol. The lowest BCUT2D eigenvalue weighted by Gasteiger charge is -2.05. The number of para-hydroxylation sites is 1. The molecule has 0 bridgehead atoms. The van der Waals surface area contributed by atoms with E-state index in [4.69, 9.17) is 9.84 Å². The van der Waals surface area contributed by atoms with Crippen molar-refractivity contribution >= 4 is 17.7 Å². The van der Waals surface area contributed by atoms with E-state index in [2.05, 4.69) is 0 Å². The lowest BCUT2D eigenvalue weighted by Crippen LogP contribution is -2.07. The van der Waals surface area contributed by atoms with Crippen molar-refractivity contribution in [2.75, 3.05) is 0 Å². The number of hydrogen-bond acceptors (Lipinski definition) is 3. The highest BCUT2D eigenvalue weighted by molar-refractivity contribution is 8.02. The van der Waals surface area contributed by atoms with Crippen LogP contribution in [-0.2, 0) is 4.79 Å². The van der Waals surface area contributed by atoms with Gasteiger partial charge in [-0.3, -0.25) is 0 Å². The Balaban J connectivity index is 2.10. The maximum Gasteiger partial charge on any atom is 0.372 e. The molecule has 0 spiro atoms. The number of carbonyl (C=O) groups is 1. The SMILES string of the molecule is O=C(O)C(=CSc1ccc(F)cc1)Oc1ccccc1. The molecule has 0 saturated heterocycles. The summed E-state index contributed by atoms with van der Waals surface area (Å²) in [6.45, 7) is 0. The highest BCUT2D eigenvalue weighted by atomic mass is 32.2. The predicted molar refractivity (Wildman–Crippen MR) is 75.0 cm³/mol. The Kier molecular flexibility index (Phi) is 4.79. The van der Waals surface area contributed by atoms with Gasteiger partial charge in [-0.25, -0.2) is 9.18 Å². The number of ether oxygens (including phenoxy) is 1. The van der Waals surface area contributed by atoms with Gasteiger partial charge in [0.1, 0.15) is 11.6 Å². The summed E-state index contributed by atoms with van der Waals surface area (Å²) in [5.41, 5.74) is 0. The third-order valence-corrected chi connectivity index (χ3v) is 3.17. The minimum Gasteiger partial charge on any atom is -0.475 e. The van der Waals surface area contributed by atoms with Gasteiger partial charge < -0.3 is 9.84 Å². The van der Waals surface area contributed by atoms with Gasteiger partial charge in [0.05, 0.1) is 0 Å². The molecule has 0 radical (unpaired) electrons. The number of thioether (sulfide) groups is 1. The largest absolute Gasteiger partial charge is 0.475 e. The number of benzene rings is 2. The fourth-order valence-electron chi connectivity index (χ4n) is 1.37. The maximum absolute atomic E-state index is 12.8. The molecule has 3 nitrogen and oxygen atoms in total. The summed E-state index contributed by atoms with van der Waals surface area (Å²) in [5.74, 6) is -1.24. The molecule has 2 aromatic carbocycles. The van der Waals surface area contributed by atoms with Crippen molar-refractivity contribution in [3.63, 3.8) is 0 Å². The topological polar surface area (TPSA) is 46.5 Å². The van der Waals surface area contributed by atoms with Crippen LogP contribution in [0.1, 0.15) is 0 Å². The second-order valence-electron chi connectivity index (χ2n) is 3.77. The van der Waals surface area contributed by atoms with Crippen molar-refractivity contribution in [1.29, 1.82) is 0 Å². The zero-order valence-electron chi connectivity index (χ0n) is 10.3. The number of hydrogen-bond donors (Lipinski definition) is 1. The number of rotatable bonds is 5. The zero-order valence-corrected chi connectivity index (χ0v) is 11.1. The Labute approximate surface area is 119 Å². The molecule has 0 aliphatic carbocycles. The molecule has 0 heterocycles. The number of carboxylic acids is 1. The molecule has 20 heavy (non-hydrogen) atoms. The summed E-state index contributed by atoms with van der Waals surface area (Å²) in [4.78, 5) is 11.8. The van der Waals surface area contributed by atoms with E-state index < -0.39 is 5.97 Å². The average molecular weight is 290 g/mol. The number of aliphatic carboxylic acids is 1. The van der Waals surface area contributed by atoms with Crippen molar-refractivity contribution in [2.45, 2.75) is 4.90 Å². The van der Waals surface area contributed by atoms with Crippen LogP contribution in [-0.4, -0.2) is 11.1 Å². The standard InChI is InChI=1S/C15H11FO3S/c16-11-6-8-13(9-7-11)20-10-14(15(17)18)19-12-4-2-1-3-5-12/h1-10H,(H,17,18). The molecule has 0 fully saturated rings. The molecule has 2 rings (SSSR count). The lowest BCUT2D eigenvalue weighted by atomic mass is 10.3. The van der Waals surface area contributed by atoms with Gasteiger partial charge >= 0.3 is 5.97 Å². The Bertz CT molecular complexity index is 609. The van der Waals surface area contributed by atoms with Crippen molar-refractivity contribution in [1.82, 2.24) is 0 Å². The van der Waals surface area contributed by atoms with E-state index in [9.17, 15) is 9.18 Å². The Morgan fingerprint density at radius 1 is 1.10 bits per heavy atom. The van der Waals surface area contributed by atoms with Gasteiger partial charge in [0.2, 0.25) is 5.76 Å². The van der Waals surface area contributed by atoms with Crippen LogP contribution in [0.4, 0.5) is 4.39 Å². The smallest absolute Gasteiger partial charge is 0.372 e. The van der Waals surface area contributed by atoms with Crippen molar-refractivity contribution in [3.05, 3.63) is 71.6 Å². The molecule has 0 amide bonds. The van der Waals surface area contributed by atoms with Gasteiger partial charge in [0.15, 0.2) is 0 Å². The highest BCUT2D eigenvalue weighted by Gasteiger charge is 2.10. The van der Waals surface area contributed by atoms with E-state index in [0.717, 1.165) is 16.7 Å². The zero-order chi connectivity index (χ0) is 14.4. The summed E-state index contributed by atoms with van der Waals surface area (Å²) in [5, 5.41) is 10.5. The molecule has 0 saturated carbocycles. The van der Waals surface area contributed by atoms with Crippen molar-refractivity contribution < 1.29 is 19.0 Å². The van der Waals surface area contributed by atoms with Crippen molar-refractivity contribution in [2.24, 2.45) is 0 Å². The van der Waals surface area contributed by atoms with Crippen LogP contribution in [0.15, 0.2) is 70.7 Å². The molecule has 0 aliphatic rings. The first-order chi connectivity index (χ1) is 9.65. The minimum absolute atomic E-state index is 0.189. The van der Waals surface area contributed by atoms with E-state index in [0.29, 0.717) is 5.75 Å². The molecule has 0 aliphatic heterocycles. The molecule has 0 unspecified atom stereocenters. The lowest BCUT2D eigenvalue weighted by molar-refractivity contribution is -0.135. The summed E-state index contributed by atoms with van der Waals surface area (Å²) >= 11 is 1.15. The molecule has 0 atom stereocenters. The first kappa shape index (κ1) is 14.1. The second kappa shape index (κ2) is 6.77. The van der Waals surface area contributed by atoms with Crippen LogP contribution in [0, 0.1) is 5.82 Å². The molecule has 2 aromatic rings. The summed E-state index contributed by atoms with van der Waals surface area (Å²) in [7, 11) is 0. The van der Waals surface area contributed by atoms with Crippen molar-refractivity contribution in [3.8, 4) is 5.75 Å². The van der Waals surface area contributed by atoms with Gasteiger partial charge in [-0.15, -0.1) is 0 Å². The van der Waals surface area contributed by atoms with Crippen LogP contribution in [0.5, 0.6) is 5.75 Å². The molecule has 0 aromatic heterocycles. The van der Waals surface area contributed by atoms with Crippen LogP contribution >= 0.6 is 11.8 Å². The van der Waals surface area contributed by atoms with Crippen LogP contribution in [0.3, 0.4) is 0 Å². The third-order valence-electron chi connectivity index (χ3n) is 2.30. The third kappa shape index (κ3) is 4.13. The number of halogens is 1. The quantitative estimate of drug-likeness (QED) is 0.515. The van der Waals surface area contributed by atoms with Crippen LogP contribution in [0.2, 0.25) is 0 Å². The molecule has 5 heteroatoms. The fourth-order valence-corrected chi connectivity index (χ4v) is 2.05. The summed E-state index contributed by atoms with van der Waals surface area (Å²) < 4.78 is 18.0. The Morgan fingerprint density at radius 3 is 2.35 bits per heavy atom. The van der Waals surface area contributed by atoms with Gasteiger partial charge in [0.25, 0.3) is 0 Å². The summed E-state index contributed by atoms with van der Waals surface area (Å²) in [6, 6.07) is 14.4.